The van der Waals surface area contributed by atoms with Crippen molar-refractivity contribution in [1.29, 1.82) is 0 Å². The number of nitrogens with zero attached hydrogens (tertiary/aromatic N) is 1. The molecule has 1 heterocycles. The lowest BCUT2D eigenvalue weighted by Gasteiger charge is -2.36. The van der Waals surface area contributed by atoms with Crippen LogP contribution in [0.4, 0.5) is 0 Å². The molecule has 1 aliphatic carbocycles. The number of piperidine rings is 1. The van der Waals surface area contributed by atoms with Crippen LogP contribution >= 0.6 is 15.9 Å². The molecule has 2 aliphatic rings. The zero-order valence-electron chi connectivity index (χ0n) is 14.6. The largest absolute Gasteiger partial charge is 0.465 e. The number of rotatable bonds is 4. The molecule has 3 nitrogen and oxygen atoms in total. The predicted octanol–water partition coefficient (Wildman–Crippen LogP) is 4.54. The first-order chi connectivity index (χ1) is 11.6. The monoisotopic (exact) mass is 393 g/mol. The van der Waals surface area contributed by atoms with Crippen LogP contribution < -0.4 is 0 Å². The van der Waals surface area contributed by atoms with Gasteiger partial charge in [-0.3, -0.25) is 4.79 Å². The first kappa shape index (κ1) is 17.9. The topological polar surface area (TPSA) is 29.5 Å². The maximum Gasteiger partial charge on any atom is 0.316 e. The second-order valence-electron chi connectivity index (χ2n) is 7.50. The van der Waals surface area contributed by atoms with E-state index in [2.05, 4.69) is 40.0 Å². The number of ether oxygens (including phenoxy) is 1. The molecule has 1 aliphatic heterocycles. The van der Waals surface area contributed by atoms with Gasteiger partial charge in [0, 0.05) is 4.47 Å². The van der Waals surface area contributed by atoms with Gasteiger partial charge in [-0.15, -0.1) is 0 Å². The summed E-state index contributed by atoms with van der Waals surface area (Å²) in [6, 6.07) is 8.24. The van der Waals surface area contributed by atoms with Crippen LogP contribution in [0.15, 0.2) is 28.7 Å². The normalized spacial score (nSPS) is 22.2. The quantitative estimate of drug-likeness (QED) is 0.703. The highest BCUT2D eigenvalue weighted by molar-refractivity contribution is 9.10. The molecule has 0 bridgehead atoms. The van der Waals surface area contributed by atoms with E-state index in [1.54, 1.807) is 0 Å². The van der Waals surface area contributed by atoms with Crippen molar-refractivity contribution in [3.8, 4) is 0 Å². The molecule has 0 atom stereocenters. The van der Waals surface area contributed by atoms with Crippen LogP contribution in [-0.2, 0) is 14.9 Å². The van der Waals surface area contributed by atoms with Crippen molar-refractivity contribution in [2.45, 2.75) is 50.4 Å². The summed E-state index contributed by atoms with van der Waals surface area (Å²) in [6.07, 6.45) is 7.52. The molecule has 1 saturated heterocycles. The molecule has 1 aromatic carbocycles. The summed E-state index contributed by atoms with van der Waals surface area (Å²) in [5, 5.41) is 0. The summed E-state index contributed by atoms with van der Waals surface area (Å²) in [7, 11) is 2.16. The van der Waals surface area contributed by atoms with Gasteiger partial charge in [-0.1, -0.05) is 47.3 Å². The first-order valence-corrected chi connectivity index (χ1v) is 10.0. The lowest BCUT2D eigenvalue weighted by molar-refractivity contribution is -0.154. The highest BCUT2D eigenvalue weighted by Crippen LogP contribution is 2.41. The molecule has 3 rings (SSSR count). The summed E-state index contributed by atoms with van der Waals surface area (Å²) >= 11 is 3.55. The Labute approximate surface area is 153 Å². The molecule has 0 aromatic heterocycles. The lowest BCUT2D eigenvalue weighted by Crippen LogP contribution is -2.41. The molecular formula is C20H28BrNO2. The van der Waals surface area contributed by atoms with E-state index in [9.17, 15) is 4.79 Å². The zero-order chi connectivity index (χ0) is 17.0. The fraction of sp³-hybridized carbons (Fsp3) is 0.650. The van der Waals surface area contributed by atoms with Crippen LogP contribution in [0.25, 0.3) is 0 Å². The fourth-order valence-corrected chi connectivity index (χ4v) is 4.51. The van der Waals surface area contributed by atoms with Crippen LogP contribution in [0.5, 0.6) is 0 Å². The van der Waals surface area contributed by atoms with Gasteiger partial charge < -0.3 is 9.64 Å². The van der Waals surface area contributed by atoms with Crippen LogP contribution in [0.3, 0.4) is 0 Å². The van der Waals surface area contributed by atoms with E-state index in [0.717, 1.165) is 61.7 Å². The minimum absolute atomic E-state index is 0.000715. The number of carbonyl (C=O) groups is 1. The van der Waals surface area contributed by atoms with Gasteiger partial charge in [0.15, 0.2) is 0 Å². The molecule has 132 valence electrons. The van der Waals surface area contributed by atoms with Crippen LogP contribution in [0.2, 0.25) is 0 Å². The maximum atomic E-state index is 13.1. The van der Waals surface area contributed by atoms with Crippen LogP contribution in [-0.4, -0.2) is 37.6 Å². The number of benzene rings is 1. The van der Waals surface area contributed by atoms with Gasteiger partial charge in [0.25, 0.3) is 0 Å². The highest BCUT2D eigenvalue weighted by atomic mass is 79.9. The van der Waals surface area contributed by atoms with E-state index >= 15 is 0 Å². The van der Waals surface area contributed by atoms with E-state index in [4.69, 9.17) is 4.74 Å². The molecule has 2 fully saturated rings. The fourth-order valence-electron chi connectivity index (χ4n) is 4.11. The highest BCUT2D eigenvalue weighted by Gasteiger charge is 2.43. The molecule has 0 spiro atoms. The Morgan fingerprint density at radius 3 is 2.62 bits per heavy atom. The van der Waals surface area contributed by atoms with Gasteiger partial charge in [0.05, 0.1) is 12.0 Å². The smallest absolute Gasteiger partial charge is 0.316 e. The molecule has 4 heteroatoms. The molecule has 0 radical (unpaired) electrons. The van der Waals surface area contributed by atoms with Gasteiger partial charge >= 0.3 is 5.97 Å². The lowest BCUT2D eigenvalue weighted by atomic mass is 9.69. The number of hydrogen-bond donors (Lipinski definition) is 0. The molecule has 0 amide bonds. The Balaban J connectivity index is 1.70. The first-order valence-electron chi connectivity index (χ1n) is 9.22. The SMILES string of the molecule is CN1CCC(COC(=O)C2(c3cccc(Br)c3)CCCCC2)CC1. The number of hydrogen-bond acceptors (Lipinski definition) is 3. The van der Waals surface area contributed by atoms with Gasteiger partial charge in [-0.25, -0.2) is 0 Å². The number of likely N-dealkylation sites (tertiary alicyclic amines) is 1. The molecule has 1 saturated carbocycles. The van der Waals surface area contributed by atoms with Crippen molar-refractivity contribution in [3.63, 3.8) is 0 Å². The van der Waals surface area contributed by atoms with Crippen molar-refractivity contribution < 1.29 is 9.53 Å². The van der Waals surface area contributed by atoms with Gasteiger partial charge in [0.2, 0.25) is 0 Å². The van der Waals surface area contributed by atoms with E-state index in [-0.39, 0.29) is 5.97 Å². The van der Waals surface area contributed by atoms with E-state index in [0.29, 0.717) is 12.5 Å². The Morgan fingerprint density at radius 2 is 1.96 bits per heavy atom. The third-order valence-electron chi connectivity index (χ3n) is 5.76. The summed E-state index contributed by atoms with van der Waals surface area (Å²) in [6.45, 7) is 2.81. The number of esters is 1. The number of carbonyl (C=O) groups excluding carboxylic acids is 1. The average Bonchev–Trinajstić information content (AvgIpc) is 2.61. The van der Waals surface area contributed by atoms with Gasteiger partial charge in [-0.05, 0) is 69.4 Å². The maximum absolute atomic E-state index is 13.1. The van der Waals surface area contributed by atoms with Crippen molar-refractivity contribution in [2.24, 2.45) is 5.92 Å². The molecule has 24 heavy (non-hydrogen) atoms. The Kier molecular flexibility index (Phi) is 5.98. The Hall–Kier alpha value is -0.870. The third kappa shape index (κ3) is 4.02. The zero-order valence-corrected chi connectivity index (χ0v) is 16.2. The summed E-state index contributed by atoms with van der Waals surface area (Å²) in [4.78, 5) is 15.4. The summed E-state index contributed by atoms with van der Waals surface area (Å²) in [5.74, 6) is 0.521. The van der Waals surface area contributed by atoms with Crippen LogP contribution in [0, 0.1) is 5.92 Å². The summed E-state index contributed by atoms with van der Waals surface area (Å²) < 4.78 is 6.92. The number of halogens is 1. The van der Waals surface area contributed by atoms with Crippen molar-refractivity contribution in [1.82, 2.24) is 4.90 Å². The van der Waals surface area contributed by atoms with E-state index in [1.165, 1.54) is 6.42 Å². The minimum atomic E-state index is -0.437. The Morgan fingerprint density at radius 1 is 1.25 bits per heavy atom. The van der Waals surface area contributed by atoms with Gasteiger partial charge in [0.1, 0.15) is 0 Å². The summed E-state index contributed by atoms with van der Waals surface area (Å²) in [5.41, 5.74) is 0.679. The molecule has 0 N–H and O–H groups in total. The van der Waals surface area contributed by atoms with Crippen molar-refractivity contribution in [2.75, 3.05) is 26.7 Å². The third-order valence-corrected chi connectivity index (χ3v) is 6.26. The minimum Gasteiger partial charge on any atom is -0.465 e. The molecule has 0 unspecified atom stereocenters. The van der Waals surface area contributed by atoms with E-state index in [1.807, 2.05) is 12.1 Å². The van der Waals surface area contributed by atoms with Gasteiger partial charge in [-0.2, -0.15) is 0 Å². The molecular weight excluding hydrogens is 366 g/mol. The molecule has 1 aromatic rings. The second-order valence-corrected chi connectivity index (χ2v) is 8.41. The standard InChI is InChI=1S/C20H28BrNO2/c1-22-12-8-16(9-13-22)15-24-19(23)20(10-3-2-4-11-20)17-6-5-7-18(21)14-17/h5-7,14,16H,2-4,8-13,15H2,1H3. The second kappa shape index (κ2) is 8.01. The predicted molar refractivity (Wildman–Crippen MR) is 100 cm³/mol. The average molecular weight is 394 g/mol. The Bertz CT molecular complexity index is 561. The van der Waals surface area contributed by atoms with Crippen molar-refractivity contribution in [3.05, 3.63) is 34.3 Å². The van der Waals surface area contributed by atoms with E-state index < -0.39 is 5.41 Å². The van der Waals surface area contributed by atoms with Crippen molar-refractivity contribution >= 4 is 21.9 Å². The van der Waals surface area contributed by atoms with Crippen LogP contribution in [0.1, 0.15) is 50.5 Å².